The number of hydrogen-bond donors (Lipinski definition) is 2. The number of hydrogen-bond acceptors (Lipinski definition) is 5. The first-order valence-electron chi connectivity index (χ1n) is 11.7. The van der Waals surface area contributed by atoms with E-state index in [9.17, 15) is 23.5 Å². The summed E-state index contributed by atoms with van der Waals surface area (Å²) in [6.07, 6.45) is 0.810. The van der Waals surface area contributed by atoms with Crippen LogP contribution in [0.3, 0.4) is 0 Å². The number of aliphatic carboxylic acids is 1. The van der Waals surface area contributed by atoms with Crippen LogP contribution < -0.4 is 14.8 Å². The van der Waals surface area contributed by atoms with E-state index in [1.54, 1.807) is 38.5 Å². The Labute approximate surface area is 214 Å². The number of nitrogens with one attached hydrogen (secondary N) is 1. The molecule has 0 spiro atoms. The Morgan fingerprint density at radius 1 is 0.946 bits per heavy atom. The van der Waals surface area contributed by atoms with Gasteiger partial charge in [0.25, 0.3) is 5.91 Å². The van der Waals surface area contributed by atoms with Gasteiger partial charge in [0.2, 0.25) is 0 Å². The summed E-state index contributed by atoms with van der Waals surface area (Å²) in [5.41, 5.74) is 2.14. The van der Waals surface area contributed by atoms with E-state index in [-0.39, 0.29) is 6.42 Å². The maximum Gasteiger partial charge on any atom is 0.326 e. The van der Waals surface area contributed by atoms with E-state index in [1.165, 1.54) is 0 Å². The lowest BCUT2D eigenvalue weighted by atomic mass is 9.98. The molecular weight excluding hydrogens is 484 g/mol. The summed E-state index contributed by atoms with van der Waals surface area (Å²) in [5.74, 6) is -3.45. The molecule has 0 aliphatic rings. The second-order valence-electron chi connectivity index (χ2n) is 8.29. The quantitative estimate of drug-likeness (QED) is 0.331. The predicted molar refractivity (Wildman–Crippen MR) is 134 cm³/mol. The van der Waals surface area contributed by atoms with E-state index in [1.807, 2.05) is 19.1 Å². The standard InChI is InChI=1S/C28H29F2NO6/c1-4-12-37-16-18-14-23(35-2)25(24(15-18)36-3)19-10-8-17(9-11-19)13-22(28(33)34)31-27(32)26-20(29)6-5-7-21(26)30/h5-11,14-15,22H,4,12-13,16H2,1-3H3,(H,31,32)(H,33,34)/t22-/m0/s1. The van der Waals surface area contributed by atoms with Crippen LogP contribution >= 0.6 is 0 Å². The van der Waals surface area contributed by atoms with Crippen LogP contribution in [0.15, 0.2) is 54.6 Å². The van der Waals surface area contributed by atoms with Gasteiger partial charge in [-0.2, -0.15) is 0 Å². The van der Waals surface area contributed by atoms with Crippen LogP contribution in [0.25, 0.3) is 11.1 Å². The maximum atomic E-state index is 13.9. The van der Waals surface area contributed by atoms with E-state index in [0.717, 1.165) is 35.7 Å². The number of carboxylic acid groups (broad SMARTS) is 1. The molecule has 2 N–H and O–H groups in total. The van der Waals surface area contributed by atoms with Crippen molar-refractivity contribution in [1.82, 2.24) is 5.32 Å². The molecule has 9 heteroatoms. The molecule has 0 aliphatic carbocycles. The fourth-order valence-corrected chi connectivity index (χ4v) is 3.86. The van der Waals surface area contributed by atoms with Crippen LogP contribution in [0.5, 0.6) is 11.5 Å². The predicted octanol–water partition coefficient (Wildman–Crippen LogP) is 5.00. The first-order valence-corrected chi connectivity index (χ1v) is 11.7. The molecule has 0 saturated carbocycles. The monoisotopic (exact) mass is 513 g/mol. The van der Waals surface area contributed by atoms with Crippen LogP contribution in [-0.2, 0) is 22.6 Å². The van der Waals surface area contributed by atoms with Gasteiger partial charge in [0, 0.05) is 13.0 Å². The van der Waals surface area contributed by atoms with Gasteiger partial charge in [-0.25, -0.2) is 13.6 Å². The Bertz CT molecular complexity index is 1200. The molecule has 0 saturated heterocycles. The van der Waals surface area contributed by atoms with Crippen molar-refractivity contribution in [2.24, 2.45) is 0 Å². The van der Waals surface area contributed by atoms with Gasteiger partial charge < -0.3 is 24.6 Å². The number of ether oxygens (including phenoxy) is 3. The van der Waals surface area contributed by atoms with Gasteiger partial charge in [0.05, 0.1) is 26.4 Å². The number of benzene rings is 3. The van der Waals surface area contributed by atoms with Crippen LogP contribution in [0, 0.1) is 11.6 Å². The molecule has 1 atom stereocenters. The molecule has 0 unspecified atom stereocenters. The number of carboxylic acids is 1. The largest absolute Gasteiger partial charge is 0.496 e. The Morgan fingerprint density at radius 3 is 2.05 bits per heavy atom. The average molecular weight is 514 g/mol. The Balaban J connectivity index is 1.81. The summed E-state index contributed by atoms with van der Waals surface area (Å²) in [6, 6.07) is 12.3. The third kappa shape index (κ3) is 6.83. The minimum Gasteiger partial charge on any atom is -0.496 e. The van der Waals surface area contributed by atoms with E-state index < -0.39 is 35.1 Å². The van der Waals surface area contributed by atoms with Gasteiger partial charge in [0.1, 0.15) is 34.7 Å². The molecule has 7 nitrogen and oxygen atoms in total. The third-order valence-electron chi connectivity index (χ3n) is 5.66. The van der Waals surface area contributed by atoms with E-state index in [2.05, 4.69) is 5.32 Å². The van der Waals surface area contributed by atoms with Crippen LogP contribution in [-0.4, -0.2) is 43.9 Å². The zero-order chi connectivity index (χ0) is 26.9. The molecule has 0 bridgehead atoms. The number of carbonyl (C=O) groups excluding carboxylic acids is 1. The van der Waals surface area contributed by atoms with Crippen LogP contribution in [0.4, 0.5) is 8.78 Å². The zero-order valence-corrected chi connectivity index (χ0v) is 20.8. The molecule has 0 radical (unpaired) electrons. The molecule has 0 aliphatic heterocycles. The van der Waals surface area contributed by atoms with Crippen molar-refractivity contribution in [3.05, 3.63) is 82.9 Å². The first kappa shape index (κ1) is 27.6. The van der Waals surface area contributed by atoms with Crippen LogP contribution in [0.1, 0.15) is 34.8 Å². The minimum absolute atomic E-state index is 0.0978. The second-order valence-corrected chi connectivity index (χ2v) is 8.29. The lowest BCUT2D eigenvalue weighted by Gasteiger charge is -2.17. The van der Waals surface area contributed by atoms with E-state index in [4.69, 9.17) is 14.2 Å². The molecule has 0 aromatic heterocycles. The highest BCUT2D eigenvalue weighted by molar-refractivity contribution is 5.97. The summed E-state index contributed by atoms with van der Waals surface area (Å²) in [5, 5.41) is 11.8. The van der Waals surface area contributed by atoms with Crippen molar-refractivity contribution >= 4 is 11.9 Å². The van der Waals surface area contributed by atoms with Gasteiger partial charge in [-0.1, -0.05) is 37.3 Å². The molecule has 0 fully saturated rings. The Morgan fingerprint density at radius 2 is 1.54 bits per heavy atom. The SMILES string of the molecule is CCCOCc1cc(OC)c(-c2ccc(C[C@H](NC(=O)c3c(F)cccc3F)C(=O)O)cc2)c(OC)c1. The summed E-state index contributed by atoms with van der Waals surface area (Å²) < 4.78 is 44.7. The molecule has 3 rings (SSSR count). The number of rotatable bonds is 12. The Kier molecular flexibility index (Phi) is 9.57. The van der Waals surface area contributed by atoms with Crippen molar-refractivity contribution in [1.29, 1.82) is 0 Å². The van der Waals surface area contributed by atoms with Crippen molar-refractivity contribution in [2.45, 2.75) is 32.4 Å². The molecular formula is C28H29F2NO6. The number of amides is 1. The van der Waals surface area contributed by atoms with Crippen molar-refractivity contribution in [3.63, 3.8) is 0 Å². The lowest BCUT2D eigenvalue weighted by Crippen LogP contribution is -2.42. The highest BCUT2D eigenvalue weighted by atomic mass is 19.1. The smallest absolute Gasteiger partial charge is 0.326 e. The summed E-state index contributed by atoms with van der Waals surface area (Å²) in [7, 11) is 3.11. The lowest BCUT2D eigenvalue weighted by molar-refractivity contribution is -0.139. The normalized spacial score (nSPS) is 11.6. The van der Waals surface area contributed by atoms with Crippen molar-refractivity contribution in [3.8, 4) is 22.6 Å². The fraction of sp³-hybridized carbons (Fsp3) is 0.286. The molecule has 37 heavy (non-hydrogen) atoms. The molecule has 3 aromatic rings. The highest BCUT2D eigenvalue weighted by Gasteiger charge is 2.25. The minimum atomic E-state index is -1.40. The number of carbonyl (C=O) groups is 2. The van der Waals surface area contributed by atoms with Crippen molar-refractivity contribution < 1.29 is 37.7 Å². The third-order valence-corrected chi connectivity index (χ3v) is 5.66. The van der Waals surface area contributed by atoms with Crippen LogP contribution in [0.2, 0.25) is 0 Å². The molecule has 3 aromatic carbocycles. The van der Waals surface area contributed by atoms with Gasteiger partial charge >= 0.3 is 5.97 Å². The summed E-state index contributed by atoms with van der Waals surface area (Å²) in [6.45, 7) is 3.09. The zero-order valence-electron chi connectivity index (χ0n) is 20.8. The highest BCUT2D eigenvalue weighted by Crippen LogP contribution is 2.40. The topological polar surface area (TPSA) is 94.1 Å². The van der Waals surface area contributed by atoms with Gasteiger partial charge in [-0.05, 0) is 47.4 Å². The van der Waals surface area contributed by atoms with Gasteiger partial charge in [0.15, 0.2) is 0 Å². The fourth-order valence-electron chi connectivity index (χ4n) is 3.86. The second kappa shape index (κ2) is 12.8. The van der Waals surface area contributed by atoms with E-state index >= 15 is 0 Å². The average Bonchev–Trinajstić information content (AvgIpc) is 2.88. The maximum absolute atomic E-state index is 13.9. The first-order chi connectivity index (χ1) is 17.8. The van der Waals surface area contributed by atoms with Gasteiger partial charge in [-0.15, -0.1) is 0 Å². The number of halogens is 2. The summed E-state index contributed by atoms with van der Waals surface area (Å²) >= 11 is 0. The molecule has 1 amide bonds. The van der Waals surface area contributed by atoms with Crippen molar-refractivity contribution in [2.75, 3.05) is 20.8 Å². The molecule has 0 heterocycles. The number of methoxy groups -OCH3 is 2. The van der Waals surface area contributed by atoms with Gasteiger partial charge in [-0.3, -0.25) is 4.79 Å². The Hall–Kier alpha value is -3.98. The molecule has 196 valence electrons. The summed E-state index contributed by atoms with van der Waals surface area (Å²) in [4.78, 5) is 24.2. The van der Waals surface area contributed by atoms with E-state index in [0.29, 0.717) is 35.8 Å².